The summed E-state index contributed by atoms with van der Waals surface area (Å²) in [5.74, 6) is 5.03. The van der Waals surface area contributed by atoms with Gasteiger partial charge in [0, 0.05) is 43.3 Å². The van der Waals surface area contributed by atoms with Gasteiger partial charge in [0.25, 0.3) is 0 Å². The highest BCUT2D eigenvalue weighted by molar-refractivity contribution is 5.64. The van der Waals surface area contributed by atoms with Crippen molar-refractivity contribution in [3.63, 3.8) is 0 Å². The quantitative estimate of drug-likeness (QED) is 0.192. The highest BCUT2D eigenvalue weighted by atomic mass is 16.6. The second-order valence-corrected chi connectivity index (χ2v) is 16.7. The predicted molar refractivity (Wildman–Crippen MR) is 226 cm³/mol. The number of β-amino-alcohol motifs (C(OH)–C–C–N with tert-alkyl or cyclic N) is 1. The number of methoxy groups -OCH3 is 3. The first-order valence-corrected chi connectivity index (χ1v) is 20.8. The molecule has 1 fully saturated rings. The van der Waals surface area contributed by atoms with Crippen LogP contribution in [-0.2, 0) is 25.7 Å². The number of piperidine rings is 1. The molecule has 0 aromatic heterocycles. The molecule has 58 heavy (non-hydrogen) atoms. The molecule has 1 N–H and O–H groups in total. The minimum Gasteiger partial charge on any atom is -0.493 e. The molecule has 11 heteroatoms. The van der Waals surface area contributed by atoms with E-state index < -0.39 is 6.10 Å². The summed E-state index contributed by atoms with van der Waals surface area (Å²) < 4.78 is 38.5. The number of benzene rings is 4. The number of fused-ring (bicyclic) bond motifs is 2. The number of hydrogen-bond donors (Lipinski definition) is 1. The molecule has 6 bridgehead atoms. The van der Waals surface area contributed by atoms with E-state index in [2.05, 4.69) is 90.3 Å². The Hall–Kier alpha value is -4.52. The lowest BCUT2D eigenvalue weighted by Crippen LogP contribution is -2.45. The SMILES string of the molecule is COc1ccc2cc1Oc1ccc(cc1)C[C@H]1c3cc(c(OC)cc3CCN1C)Oc1c(OCC(O)CN3CCC(N(C)C)CC3)c(OC)cc3c1[C@H](C2)N(C)CC3. The van der Waals surface area contributed by atoms with E-state index in [0.717, 1.165) is 80.7 Å². The monoisotopic (exact) mass is 792 g/mol. The van der Waals surface area contributed by atoms with Crippen LogP contribution in [0.4, 0.5) is 0 Å². The first kappa shape index (κ1) is 40.3. The first-order chi connectivity index (χ1) is 28.1. The molecule has 310 valence electrons. The molecule has 3 atom stereocenters. The Morgan fingerprint density at radius 2 is 1.36 bits per heavy atom. The molecule has 11 nitrogen and oxygen atoms in total. The number of aliphatic hydroxyl groups is 1. The minimum atomic E-state index is -0.706. The molecular formula is C47H60N4O7. The van der Waals surface area contributed by atoms with Gasteiger partial charge in [-0.15, -0.1) is 0 Å². The lowest BCUT2D eigenvalue weighted by atomic mass is 9.87. The number of nitrogens with zero attached hydrogens (tertiary/aromatic N) is 4. The lowest BCUT2D eigenvalue weighted by molar-refractivity contribution is 0.0491. The van der Waals surface area contributed by atoms with E-state index in [1.54, 1.807) is 21.3 Å². The highest BCUT2D eigenvalue weighted by Gasteiger charge is 2.35. The maximum atomic E-state index is 11.5. The van der Waals surface area contributed by atoms with Crippen molar-refractivity contribution in [2.45, 2.75) is 62.8 Å². The molecule has 9 rings (SSSR count). The number of aliphatic hydroxyl groups excluding tert-OH is 1. The van der Waals surface area contributed by atoms with Gasteiger partial charge in [0.1, 0.15) is 18.5 Å². The average molecular weight is 793 g/mol. The van der Waals surface area contributed by atoms with Crippen LogP contribution in [0.2, 0.25) is 0 Å². The fourth-order valence-corrected chi connectivity index (χ4v) is 9.37. The Labute approximate surface area is 343 Å². The van der Waals surface area contributed by atoms with E-state index >= 15 is 0 Å². The number of hydrogen-bond acceptors (Lipinski definition) is 11. The van der Waals surface area contributed by atoms with Gasteiger partial charge in [-0.05, 0) is 150 Å². The van der Waals surface area contributed by atoms with Crippen LogP contribution in [0.3, 0.4) is 0 Å². The molecular weight excluding hydrogens is 733 g/mol. The van der Waals surface area contributed by atoms with E-state index in [0.29, 0.717) is 59.3 Å². The minimum absolute atomic E-state index is 0.0863. The third kappa shape index (κ3) is 8.33. The zero-order valence-corrected chi connectivity index (χ0v) is 35.3. The molecule has 0 saturated carbocycles. The summed E-state index contributed by atoms with van der Waals surface area (Å²) in [6.07, 6.45) is 4.66. The number of likely N-dealkylation sites (tertiary alicyclic amines) is 1. The van der Waals surface area contributed by atoms with Crippen molar-refractivity contribution in [2.75, 3.05) is 88.9 Å². The van der Waals surface area contributed by atoms with Gasteiger partial charge in [0.2, 0.25) is 5.75 Å². The van der Waals surface area contributed by atoms with Gasteiger partial charge in [-0.25, -0.2) is 0 Å². The van der Waals surface area contributed by atoms with Crippen LogP contribution < -0.4 is 28.4 Å². The maximum Gasteiger partial charge on any atom is 0.204 e. The van der Waals surface area contributed by atoms with E-state index in [1.807, 2.05) is 18.2 Å². The van der Waals surface area contributed by atoms with Crippen molar-refractivity contribution in [3.8, 4) is 46.0 Å². The van der Waals surface area contributed by atoms with E-state index in [4.69, 9.17) is 28.4 Å². The second-order valence-electron chi connectivity index (χ2n) is 16.7. The molecule has 0 aliphatic carbocycles. The van der Waals surface area contributed by atoms with Crippen LogP contribution in [0.15, 0.2) is 60.7 Å². The van der Waals surface area contributed by atoms with Crippen LogP contribution in [0.5, 0.6) is 46.0 Å². The molecule has 4 aromatic rings. The molecule has 4 aromatic carbocycles. The van der Waals surface area contributed by atoms with Crippen molar-refractivity contribution >= 4 is 0 Å². The van der Waals surface area contributed by atoms with E-state index in [9.17, 15) is 5.11 Å². The lowest BCUT2D eigenvalue weighted by Gasteiger charge is -2.38. The van der Waals surface area contributed by atoms with Crippen LogP contribution in [0, 0.1) is 0 Å². The summed E-state index contributed by atoms with van der Waals surface area (Å²) in [4.78, 5) is 9.45. The molecule has 0 radical (unpaired) electrons. The van der Waals surface area contributed by atoms with Gasteiger partial charge in [0.05, 0.1) is 21.3 Å². The zero-order valence-electron chi connectivity index (χ0n) is 35.3. The van der Waals surface area contributed by atoms with Gasteiger partial charge in [-0.2, -0.15) is 0 Å². The van der Waals surface area contributed by atoms with Gasteiger partial charge in [0.15, 0.2) is 34.5 Å². The van der Waals surface area contributed by atoms with Gasteiger partial charge in [-0.1, -0.05) is 18.2 Å². The van der Waals surface area contributed by atoms with Crippen molar-refractivity contribution in [2.24, 2.45) is 0 Å². The topological polar surface area (TPSA) is 88.6 Å². The van der Waals surface area contributed by atoms with E-state index in [-0.39, 0.29) is 18.7 Å². The van der Waals surface area contributed by atoms with Crippen LogP contribution in [0.1, 0.15) is 58.3 Å². The van der Waals surface area contributed by atoms with Crippen molar-refractivity contribution in [1.29, 1.82) is 0 Å². The van der Waals surface area contributed by atoms with Crippen molar-refractivity contribution in [1.82, 2.24) is 19.6 Å². The Bertz CT molecular complexity index is 2070. The summed E-state index contributed by atoms with van der Waals surface area (Å²) in [7, 11) is 13.7. The number of likely N-dealkylation sites (N-methyl/N-ethyl adjacent to an activating group) is 2. The highest BCUT2D eigenvalue weighted by Crippen LogP contribution is 2.52. The standard InChI is InChI=1S/C47H60N4O7/c1-48(2)34-16-20-51(21-17-34)28-35(52)29-56-46-44(55-7)26-33-15-19-50(4)39-23-31-10-13-40(53-5)42(24-31)57-36-11-8-30(9-12-36)22-38-37-27-43(58-47(46)45(33)39)41(54-6)25-32(37)14-18-49(38)3/h8-13,24-27,34-35,38-39,52H,14-23,28-29H2,1-7H3/t35?,38-,39-/m0/s1. The van der Waals surface area contributed by atoms with Crippen molar-refractivity contribution in [3.05, 3.63) is 94.0 Å². The molecule has 5 aliphatic heterocycles. The molecule has 1 saturated heterocycles. The number of rotatable bonds is 9. The second kappa shape index (κ2) is 17.4. The summed E-state index contributed by atoms with van der Waals surface area (Å²) in [6, 6.07) is 21.6. The van der Waals surface area contributed by atoms with Crippen LogP contribution in [0.25, 0.3) is 0 Å². The summed E-state index contributed by atoms with van der Waals surface area (Å²) >= 11 is 0. The van der Waals surface area contributed by atoms with Crippen LogP contribution >= 0.6 is 0 Å². The Balaban J connectivity index is 1.24. The summed E-state index contributed by atoms with van der Waals surface area (Å²) in [5, 5.41) is 11.5. The fraction of sp³-hybridized carbons (Fsp3) is 0.489. The molecule has 5 aliphatic rings. The summed E-state index contributed by atoms with van der Waals surface area (Å²) in [6.45, 7) is 4.30. The fourth-order valence-electron chi connectivity index (χ4n) is 9.37. The Morgan fingerprint density at radius 1 is 0.724 bits per heavy atom. The molecule has 5 heterocycles. The first-order valence-electron chi connectivity index (χ1n) is 20.8. The predicted octanol–water partition coefficient (Wildman–Crippen LogP) is 6.92. The smallest absolute Gasteiger partial charge is 0.204 e. The molecule has 0 spiro atoms. The number of ether oxygens (including phenoxy) is 6. The Kier molecular flexibility index (Phi) is 12.1. The van der Waals surface area contributed by atoms with Gasteiger partial charge >= 0.3 is 0 Å². The molecule has 0 amide bonds. The third-order valence-corrected chi connectivity index (χ3v) is 12.8. The largest absolute Gasteiger partial charge is 0.493 e. The van der Waals surface area contributed by atoms with E-state index in [1.165, 1.54) is 16.7 Å². The zero-order chi connectivity index (χ0) is 40.5. The molecule has 1 unspecified atom stereocenters. The normalized spacial score (nSPS) is 20.6. The Morgan fingerprint density at radius 3 is 2.07 bits per heavy atom. The summed E-state index contributed by atoms with van der Waals surface area (Å²) in [5.41, 5.74) is 6.95. The van der Waals surface area contributed by atoms with Crippen LogP contribution in [-0.4, -0.2) is 126 Å². The van der Waals surface area contributed by atoms with Gasteiger partial charge in [-0.3, -0.25) is 9.80 Å². The maximum absolute atomic E-state index is 11.5. The van der Waals surface area contributed by atoms with Crippen molar-refractivity contribution < 1.29 is 33.5 Å². The third-order valence-electron chi connectivity index (χ3n) is 12.8. The van der Waals surface area contributed by atoms with Gasteiger partial charge < -0.3 is 43.3 Å². The average Bonchev–Trinajstić information content (AvgIpc) is 3.22.